The molecule has 0 spiro atoms. The van der Waals surface area contributed by atoms with Crippen LogP contribution in [0.4, 0.5) is 0 Å². The minimum absolute atomic E-state index is 0.0836. The van der Waals surface area contributed by atoms with E-state index < -0.39 is 0 Å². The van der Waals surface area contributed by atoms with Gasteiger partial charge in [0.05, 0.1) is 6.61 Å². The molecule has 0 bridgehead atoms. The number of phenols is 1. The number of hydrogen-bond donors (Lipinski definition) is 1. The molecule has 3 heteroatoms. The predicted octanol–water partition coefficient (Wildman–Crippen LogP) is 8.52. The summed E-state index contributed by atoms with van der Waals surface area (Å²) in [5.74, 6) is 0.180. The molecule has 1 aromatic carbocycles. The van der Waals surface area contributed by atoms with Gasteiger partial charge in [0, 0.05) is 12.8 Å². The number of benzene rings is 1. The van der Waals surface area contributed by atoms with Crippen LogP contribution in [-0.2, 0) is 16.0 Å². The summed E-state index contributed by atoms with van der Waals surface area (Å²) in [6.45, 7) is 2.70. The Morgan fingerprint density at radius 1 is 0.677 bits per heavy atom. The number of carbonyl (C=O) groups is 1. The lowest BCUT2D eigenvalue weighted by Crippen LogP contribution is -2.07. The van der Waals surface area contributed by atoms with Crippen LogP contribution in [-0.4, -0.2) is 17.7 Å². The Balaban J connectivity index is 1.76. The standard InChI is InChI=1S/C28H48O3/c1-2-3-4-5-6-7-8-9-10-11-12-13-14-15-16-17-18-19-28(30)31-25-24-26-20-22-27(29)23-21-26/h20-23,29H,2-19,24-25H2,1H3. The second-order valence-electron chi connectivity index (χ2n) is 9.04. The zero-order valence-corrected chi connectivity index (χ0v) is 20.2. The Hall–Kier alpha value is -1.51. The van der Waals surface area contributed by atoms with Gasteiger partial charge in [0.15, 0.2) is 0 Å². The van der Waals surface area contributed by atoms with Gasteiger partial charge in [-0.2, -0.15) is 0 Å². The fourth-order valence-corrected chi connectivity index (χ4v) is 4.01. The molecule has 0 radical (unpaired) electrons. The molecule has 178 valence electrons. The van der Waals surface area contributed by atoms with E-state index in [4.69, 9.17) is 4.74 Å². The highest BCUT2D eigenvalue weighted by Gasteiger charge is 2.03. The Labute approximate surface area is 192 Å². The van der Waals surface area contributed by atoms with E-state index >= 15 is 0 Å². The molecule has 0 amide bonds. The van der Waals surface area contributed by atoms with Crippen molar-refractivity contribution in [1.82, 2.24) is 0 Å². The minimum Gasteiger partial charge on any atom is -0.508 e. The van der Waals surface area contributed by atoms with Crippen molar-refractivity contribution in [2.45, 2.75) is 129 Å². The monoisotopic (exact) mass is 432 g/mol. The molecule has 1 N–H and O–H groups in total. The summed E-state index contributed by atoms with van der Waals surface area (Å²) in [6.07, 6.45) is 24.2. The van der Waals surface area contributed by atoms with Gasteiger partial charge in [-0.05, 0) is 24.1 Å². The van der Waals surface area contributed by atoms with Crippen molar-refractivity contribution in [3.05, 3.63) is 29.8 Å². The second kappa shape index (κ2) is 20.4. The predicted molar refractivity (Wildman–Crippen MR) is 132 cm³/mol. The van der Waals surface area contributed by atoms with Gasteiger partial charge in [0.1, 0.15) is 5.75 Å². The lowest BCUT2D eigenvalue weighted by molar-refractivity contribution is -0.143. The van der Waals surface area contributed by atoms with Crippen LogP contribution < -0.4 is 0 Å². The molecule has 31 heavy (non-hydrogen) atoms. The lowest BCUT2D eigenvalue weighted by Gasteiger charge is -2.06. The summed E-state index contributed by atoms with van der Waals surface area (Å²) >= 11 is 0. The third-order valence-corrected chi connectivity index (χ3v) is 6.07. The minimum atomic E-state index is -0.0836. The van der Waals surface area contributed by atoms with E-state index in [0.29, 0.717) is 19.4 Å². The Bertz CT molecular complexity index is 524. The maximum atomic E-state index is 11.8. The zero-order chi connectivity index (χ0) is 22.4. The molecule has 0 atom stereocenters. The fraction of sp³-hybridized carbons (Fsp3) is 0.750. The molecule has 0 saturated carbocycles. The van der Waals surface area contributed by atoms with E-state index in [2.05, 4.69) is 6.92 Å². The number of phenolic OH excluding ortho intramolecular Hbond substituents is 1. The van der Waals surface area contributed by atoms with Crippen LogP contribution in [0.5, 0.6) is 5.75 Å². The van der Waals surface area contributed by atoms with Gasteiger partial charge < -0.3 is 9.84 Å². The van der Waals surface area contributed by atoms with E-state index in [1.54, 1.807) is 12.1 Å². The molecule has 0 aliphatic carbocycles. The Morgan fingerprint density at radius 2 is 1.10 bits per heavy atom. The van der Waals surface area contributed by atoms with Crippen LogP contribution in [0.25, 0.3) is 0 Å². The highest BCUT2D eigenvalue weighted by Crippen LogP contribution is 2.14. The summed E-state index contributed by atoms with van der Waals surface area (Å²) in [5.41, 5.74) is 1.07. The van der Waals surface area contributed by atoms with Crippen molar-refractivity contribution >= 4 is 5.97 Å². The van der Waals surface area contributed by atoms with E-state index in [-0.39, 0.29) is 11.7 Å². The third-order valence-electron chi connectivity index (χ3n) is 6.07. The number of unbranched alkanes of at least 4 members (excludes halogenated alkanes) is 16. The molecule has 3 nitrogen and oxygen atoms in total. The van der Waals surface area contributed by atoms with Gasteiger partial charge in [-0.15, -0.1) is 0 Å². The number of rotatable bonds is 21. The van der Waals surface area contributed by atoms with Gasteiger partial charge in [0.2, 0.25) is 0 Å². The first-order chi connectivity index (χ1) is 15.2. The second-order valence-corrected chi connectivity index (χ2v) is 9.04. The van der Waals surface area contributed by atoms with Crippen LogP contribution in [0.1, 0.15) is 128 Å². The Morgan fingerprint density at radius 3 is 1.55 bits per heavy atom. The zero-order valence-electron chi connectivity index (χ0n) is 20.2. The van der Waals surface area contributed by atoms with Crippen molar-refractivity contribution in [2.24, 2.45) is 0 Å². The summed E-state index contributed by atoms with van der Waals surface area (Å²) in [7, 11) is 0. The maximum Gasteiger partial charge on any atom is 0.305 e. The molecule has 0 saturated heterocycles. The number of carbonyl (C=O) groups excluding carboxylic acids is 1. The third kappa shape index (κ3) is 17.8. The SMILES string of the molecule is CCCCCCCCCCCCCCCCCCCC(=O)OCCc1ccc(O)cc1. The van der Waals surface area contributed by atoms with Crippen LogP contribution in [0.15, 0.2) is 24.3 Å². The Kier molecular flexibility index (Phi) is 18.1. The number of hydrogen-bond acceptors (Lipinski definition) is 3. The smallest absolute Gasteiger partial charge is 0.305 e. The molecular formula is C28H48O3. The van der Waals surface area contributed by atoms with E-state index in [1.807, 2.05) is 12.1 Å². The van der Waals surface area contributed by atoms with E-state index in [9.17, 15) is 9.90 Å². The average Bonchev–Trinajstić information content (AvgIpc) is 2.77. The van der Waals surface area contributed by atoms with Crippen LogP contribution in [0.3, 0.4) is 0 Å². The number of aromatic hydroxyl groups is 1. The van der Waals surface area contributed by atoms with Crippen LogP contribution in [0.2, 0.25) is 0 Å². The largest absolute Gasteiger partial charge is 0.508 e. The molecule has 0 aliphatic rings. The van der Waals surface area contributed by atoms with Gasteiger partial charge in [-0.3, -0.25) is 4.79 Å². The van der Waals surface area contributed by atoms with Crippen molar-refractivity contribution in [1.29, 1.82) is 0 Å². The van der Waals surface area contributed by atoms with Crippen molar-refractivity contribution in [3.8, 4) is 5.75 Å². The van der Waals surface area contributed by atoms with E-state index in [1.165, 1.54) is 96.3 Å². The lowest BCUT2D eigenvalue weighted by atomic mass is 10.0. The molecule has 0 fully saturated rings. The first kappa shape index (κ1) is 27.5. The molecular weight excluding hydrogens is 384 g/mol. The molecule has 1 rings (SSSR count). The van der Waals surface area contributed by atoms with Crippen molar-refractivity contribution in [2.75, 3.05) is 6.61 Å². The normalized spacial score (nSPS) is 11.0. The molecule has 0 heterocycles. The van der Waals surface area contributed by atoms with Gasteiger partial charge in [-0.1, -0.05) is 122 Å². The fourth-order valence-electron chi connectivity index (χ4n) is 4.01. The molecule has 0 aromatic heterocycles. The van der Waals surface area contributed by atoms with Crippen LogP contribution >= 0.6 is 0 Å². The highest BCUT2D eigenvalue weighted by molar-refractivity contribution is 5.69. The summed E-state index contributed by atoms with van der Waals surface area (Å²) < 4.78 is 5.30. The molecule has 0 aliphatic heterocycles. The summed E-state index contributed by atoms with van der Waals surface area (Å²) in [4.78, 5) is 11.8. The van der Waals surface area contributed by atoms with Crippen LogP contribution in [0, 0.1) is 0 Å². The van der Waals surface area contributed by atoms with Gasteiger partial charge in [-0.25, -0.2) is 0 Å². The van der Waals surface area contributed by atoms with Gasteiger partial charge >= 0.3 is 5.97 Å². The summed E-state index contributed by atoms with van der Waals surface area (Å²) in [6, 6.07) is 7.04. The molecule has 0 unspecified atom stereocenters. The topological polar surface area (TPSA) is 46.5 Å². The molecule has 1 aromatic rings. The van der Waals surface area contributed by atoms with E-state index in [0.717, 1.165) is 18.4 Å². The first-order valence-electron chi connectivity index (χ1n) is 13.2. The number of ether oxygens (including phenoxy) is 1. The van der Waals surface area contributed by atoms with Crippen molar-refractivity contribution < 1.29 is 14.6 Å². The van der Waals surface area contributed by atoms with Crippen molar-refractivity contribution in [3.63, 3.8) is 0 Å². The van der Waals surface area contributed by atoms with Gasteiger partial charge in [0.25, 0.3) is 0 Å². The highest BCUT2D eigenvalue weighted by atomic mass is 16.5. The first-order valence-corrected chi connectivity index (χ1v) is 13.2. The average molecular weight is 433 g/mol. The number of esters is 1. The summed E-state index contributed by atoms with van der Waals surface area (Å²) in [5, 5.41) is 9.26. The maximum absolute atomic E-state index is 11.8. The quantitative estimate of drug-likeness (QED) is 0.156.